The van der Waals surface area contributed by atoms with Gasteiger partial charge < -0.3 is 0 Å². The van der Waals surface area contributed by atoms with Crippen molar-refractivity contribution in [1.29, 1.82) is 5.26 Å². The van der Waals surface area contributed by atoms with Gasteiger partial charge in [0.2, 0.25) is 0 Å². The van der Waals surface area contributed by atoms with Gasteiger partial charge in [0.15, 0.2) is 0 Å². The van der Waals surface area contributed by atoms with Crippen LogP contribution in [0.1, 0.15) is 51.2 Å². The van der Waals surface area contributed by atoms with Gasteiger partial charge in [-0.1, -0.05) is 45.0 Å². The molecule has 1 aromatic carbocycles. The lowest BCUT2D eigenvalue weighted by Crippen LogP contribution is -2.24. The van der Waals surface area contributed by atoms with Crippen molar-refractivity contribution in [2.24, 2.45) is 11.8 Å². The van der Waals surface area contributed by atoms with Crippen LogP contribution in [0.3, 0.4) is 0 Å². The number of benzene rings is 1. The first-order valence-electron chi connectivity index (χ1n) is 7.07. The Kier molecular flexibility index (Phi) is 3.76. The summed E-state index contributed by atoms with van der Waals surface area (Å²) in [7, 11) is 0. The highest BCUT2D eigenvalue weighted by Crippen LogP contribution is 2.43. The van der Waals surface area contributed by atoms with Crippen LogP contribution in [0.5, 0.6) is 0 Å². The molecule has 0 heterocycles. The molecule has 1 aromatic rings. The predicted molar refractivity (Wildman–Crippen MR) is 75.3 cm³/mol. The molecule has 1 aliphatic rings. The van der Waals surface area contributed by atoms with Crippen molar-refractivity contribution < 1.29 is 0 Å². The maximum absolute atomic E-state index is 9.70. The summed E-state index contributed by atoms with van der Waals surface area (Å²) < 4.78 is 0. The van der Waals surface area contributed by atoms with E-state index in [9.17, 15) is 5.26 Å². The van der Waals surface area contributed by atoms with E-state index in [4.69, 9.17) is 0 Å². The zero-order valence-corrected chi connectivity index (χ0v) is 11.7. The van der Waals surface area contributed by atoms with Crippen molar-refractivity contribution >= 4 is 0 Å². The van der Waals surface area contributed by atoms with Crippen LogP contribution < -0.4 is 0 Å². The van der Waals surface area contributed by atoms with Gasteiger partial charge in [0.25, 0.3) is 0 Å². The Bertz CT molecular complexity index is 455. The van der Waals surface area contributed by atoms with Crippen LogP contribution in [0.4, 0.5) is 0 Å². The Morgan fingerprint density at radius 1 is 1.28 bits per heavy atom. The smallest absolute Gasteiger partial charge is 0.0830 e. The maximum Gasteiger partial charge on any atom is 0.0830 e. The number of aryl methyl sites for hydroxylation is 1. The average Bonchev–Trinajstić information content (AvgIpc) is 2.68. The molecule has 0 aliphatic heterocycles. The highest BCUT2D eigenvalue weighted by atomic mass is 14.4. The van der Waals surface area contributed by atoms with Crippen LogP contribution in [0.15, 0.2) is 24.3 Å². The third-order valence-corrected chi connectivity index (χ3v) is 4.14. The van der Waals surface area contributed by atoms with E-state index in [-0.39, 0.29) is 5.41 Å². The van der Waals surface area contributed by atoms with Crippen LogP contribution in [-0.4, -0.2) is 0 Å². The quantitative estimate of drug-likeness (QED) is 0.763. The molecule has 0 N–H and O–H groups in total. The van der Waals surface area contributed by atoms with E-state index < -0.39 is 0 Å². The standard InChI is InChI=1S/C17H23N/c1-13(2)10-14(3)11-17(12-18)9-8-15-6-4-5-7-16(15)17/h4-7,13-14H,8-11H2,1-3H3. The molecule has 0 spiro atoms. The highest BCUT2D eigenvalue weighted by Gasteiger charge is 2.39. The van der Waals surface area contributed by atoms with E-state index in [1.165, 1.54) is 17.5 Å². The molecule has 0 saturated heterocycles. The molecule has 0 saturated carbocycles. The molecule has 0 fully saturated rings. The summed E-state index contributed by atoms with van der Waals surface area (Å²) in [6.07, 6.45) is 4.30. The summed E-state index contributed by atoms with van der Waals surface area (Å²) in [6.45, 7) is 6.82. The molecular weight excluding hydrogens is 218 g/mol. The van der Waals surface area contributed by atoms with Gasteiger partial charge in [-0.25, -0.2) is 0 Å². The number of hydrogen-bond acceptors (Lipinski definition) is 1. The molecule has 1 aliphatic carbocycles. The van der Waals surface area contributed by atoms with Gasteiger partial charge >= 0.3 is 0 Å². The minimum Gasteiger partial charge on any atom is -0.197 e. The zero-order chi connectivity index (χ0) is 13.2. The third-order valence-electron chi connectivity index (χ3n) is 4.14. The summed E-state index contributed by atoms with van der Waals surface area (Å²) in [5.41, 5.74) is 2.46. The first-order valence-corrected chi connectivity index (χ1v) is 7.07. The molecule has 1 heteroatoms. The second-order valence-electron chi connectivity index (χ2n) is 6.29. The second kappa shape index (κ2) is 5.14. The fraction of sp³-hybridized carbons (Fsp3) is 0.588. The summed E-state index contributed by atoms with van der Waals surface area (Å²) in [5, 5.41) is 9.70. The number of rotatable bonds is 4. The minimum atomic E-state index is -0.217. The molecule has 0 aromatic heterocycles. The number of nitrogens with zero attached hydrogens (tertiary/aromatic N) is 1. The van der Waals surface area contributed by atoms with E-state index in [2.05, 4.69) is 51.1 Å². The summed E-state index contributed by atoms with van der Waals surface area (Å²) in [6, 6.07) is 11.1. The van der Waals surface area contributed by atoms with Crippen molar-refractivity contribution in [1.82, 2.24) is 0 Å². The van der Waals surface area contributed by atoms with Gasteiger partial charge in [-0.05, 0) is 48.6 Å². The Balaban J connectivity index is 2.22. The summed E-state index contributed by atoms with van der Waals surface area (Å²) >= 11 is 0. The SMILES string of the molecule is CC(C)CC(C)CC1(C#N)CCc2ccccc21. The van der Waals surface area contributed by atoms with Crippen LogP contribution in [0.25, 0.3) is 0 Å². The molecular formula is C17H23N. The van der Waals surface area contributed by atoms with Crippen molar-refractivity contribution in [2.45, 2.75) is 51.9 Å². The molecule has 18 heavy (non-hydrogen) atoms. The monoisotopic (exact) mass is 241 g/mol. The van der Waals surface area contributed by atoms with Crippen molar-refractivity contribution in [3.8, 4) is 6.07 Å². The normalized spacial score (nSPS) is 23.7. The summed E-state index contributed by atoms with van der Waals surface area (Å²) in [4.78, 5) is 0. The van der Waals surface area contributed by atoms with Gasteiger partial charge in [0.1, 0.15) is 0 Å². The molecule has 1 nitrogen and oxygen atoms in total. The van der Waals surface area contributed by atoms with Crippen molar-refractivity contribution in [3.63, 3.8) is 0 Å². The molecule has 2 atom stereocenters. The predicted octanol–water partition coefficient (Wildman–Crippen LogP) is 4.47. The van der Waals surface area contributed by atoms with E-state index in [1.807, 2.05) is 0 Å². The van der Waals surface area contributed by atoms with Crippen molar-refractivity contribution in [2.75, 3.05) is 0 Å². The largest absolute Gasteiger partial charge is 0.197 e. The van der Waals surface area contributed by atoms with E-state index in [0.29, 0.717) is 11.8 Å². The van der Waals surface area contributed by atoms with Gasteiger partial charge in [-0.3, -0.25) is 0 Å². The number of fused-ring (bicyclic) bond motifs is 1. The van der Waals surface area contributed by atoms with Crippen LogP contribution in [0, 0.1) is 23.2 Å². The first-order chi connectivity index (χ1) is 8.57. The lowest BCUT2D eigenvalue weighted by atomic mass is 9.75. The Morgan fingerprint density at radius 2 is 2.00 bits per heavy atom. The molecule has 0 amide bonds. The van der Waals surface area contributed by atoms with Gasteiger partial charge in [-0.15, -0.1) is 0 Å². The molecule has 2 unspecified atom stereocenters. The van der Waals surface area contributed by atoms with Crippen LogP contribution in [-0.2, 0) is 11.8 Å². The van der Waals surface area contributed by atoms with E-state index in [0.717, 1.165) is 19.3 Å². The Hall–Kier alpha value is -1.29. The Labute approximate surface area is 111 Å². The fourth-order valence-corrected chi connectivity index (χ4v) is 3.54. The molecule has 0 bridgehead atoms. The Morgan fingerprint density at radius 3 is 2.67 bits per heavy atom. The maximum atomic E-state index is 9.70. The van der Waals surface area contributed by atoms with E-state index in [1.54, 1.807) is 0 Å². The topological polar surface area (TPSA) is 23.8 Å². The molecule has 2 rings (SSSR count). The zero-order valence-electron chi connectivity index (χ0n) is 11.7. The second-order valence-corrected chi connectivity index (χ2v) is 6.29. The third kappa shape index (κ3) is 2.43. The van der Waals surface area contributed by atoms with Gasteiger partial charge in [0.05, 0.1) is 11.5 Å². The lowest BCUT2D eigenvalue weighted by Gasteiger charge is -2.27. The lowest BCUT2D eigenvalue weighted by molar-refractivity contribution is 0.343. The van der Waals surface area contributed by atoms with Crippen LogP contribution in [0.2, 0.25) is 0 Å². The number of nitriles is 1. The molecule has 96 valence electrons. The average molecular weight is 241 g/mol. The fourth-order valence-electron chi connectivity index (χ4n) is 3.54. The highest BCUT2D eigenvalue weighted by molar-refractivity contribution is 5.44. The van der Waals surface area contributed by atoms with Crippen molar-refractivity contribution in [3.05, 3.63) is 35.4 Å². The van der Waals surface area contributed by atoms with Gasteiger partial charge in [-0.2, -0.15) is 5.26 Å². The molecule has 0 radical (unpaired) electrons. The first kappa shape index (κ1) is 13.1. The summed E-state index contributed by atoms with van der Waals surface area (Å²) in [5.74, 6) is 1.34. The minimum absolute atomic E-state index is 0.217. The van der Waals surface area contributed by atoms with E-state index >= 15 is 0 Å². The van der Waals surface area contributed by atoms with Crippen LogP contribution >= 0.6 is 0 Å². The van der Waals surface area contributed by atoms with Gasteiger partial charge in [0, 0.05) is 0 Å². The number of hydrogen-bond donors (Lipinski definition) is 0.